The molecule has 0 atom stereocenters. The van der Waals surface area contributed by atoms with Crippen LogP contribution in [-0.2, 0) is 14.4 Å². The molecule has 2 aliphatic rings. The first kappa shape index (κ1) is 19.3. The van der Waals surface area contributed by atoms with Crippen molar-refractivity contribution in [3.8, 4) is 0 Å². The Morgan fingerprint density at radius 1 is 0.933 bits per heavy atom. The number of fused-ring (bicyclic) bond motifs is 1. The molecule has 0 bridgehead atoms. The molecule has 2 heterocycles. The highest BCUT2D eigenvalue weighted by Gasteiger charge is 2.38. The summed E-state index contributed by atoms with van der Waals surface area (Å²) < 4.78 is 0. The van der Waals surface area contributed by atoms with E-state index < -0.39 is 30.2 Å². The minimum Gasteiger partial charge on any atom is -0.341 e. The summed E-state index contributed by atoms with van der Waals surface area (Å²) in [5.41, 5.74) is 1.30. The molecule has 1 saturated heterocycles. The Labute approximate surface area is 171 Å². The quantitative estimate of drug-likeness (QED) is 0.748. The zero-order valence-corrected chi connectivity index (χ0v) is 15.8. The van der Waals surface area contributed by atoms with Crippen LogP contribution in [0.2, 0.25) is 0 Å². The Morgan fingerprint density at radius 3 is 2.13 bits per heavy atom. The molecule has 0 aliphatic carbocycles. The lowest BCUT2D eigenvalue weighted by atomic mass is 10.1. The topological polar surface area (TPSA) is 113 Å². The van der Waals surface area contributed by atoms with Gasteiger partial charge in [0.15, 0.2) is 0 Å². The lowest BCUT2D eigenvalue weighted by molar-refractivity contribution is -0.167. The maximum atomic E-state index is 12.2. The molecule has 0 saturated carbocycles. The van der Waals surface area contributed by atoms with Gasteiger partial charge in [-0.2, -0.15) is 0 Å². The van der Waals surface area contributed by atoms with Crippen LogP contribution in [0.25, 0.3) is 0 Å². The molecule has 0 radical (unpaired) electrons. The predicted octanol–water partition coefficient (Wildman–Crippen LogP) is 1.30. The summed E-state index contributed by atoms with van der Waals surface area (Å²) in [6.45, 7) is 0.118. The van der Waals surface area contributed by atoms with E-state index in [0.29, 0.717) is 29.3 Å². The Bertz CT molecular complexity index is 1030. The van der Waals surface area contributed by atoms with Crippen molar-refractivity contribution >= 4 is 35.3 Å². The molecule has 152 valence electrons. The number of hydrogen-bond acceptors (Lipinski definition) is 6. The number of carbonyl (C=O) groups excluding carboxylic acids is 5. The number of carbonyl (C=O) groups is 5. The Balaban J connectivity index is 1.32. The van der Waals surface area contributed by atoms with E-state index in [0.717, 1.165) is 6.42 Å². The molecule has 2 aromatic rings. The maximum Gasteiger partial charge on any atom is 0.352 e. The number of imide groups is 1. The highest BCUT2D eigenvalue weighted by Crippen LogP contribution is 2.23. The van der Waals surface area contributed by atoms with Gasteiger partial charge < -0.3 is 15.1 Å². The molecule has 9 heteroatoms. The number of rotatable bonds is 5. The minimum absolute atomic E-state index is 0.0445. The first-order valence-electron chi connectivity index (χ1n) is 9.33. The van der Waals surface area contributed by atoms with Crippen molar-refractivity contribution in [1.82, 2.24) is 10.4 Å². The van der Waals surface area contributed by atoms with Gasteiger partial charge in [0, 0.05) is 24.2 Å². The normalized spacial score (nSPS) is 15.4. The van der Waals surface area contributed by atoms with E-state index >= 15 is 0 Å². The van der Waals surface area contributed by atoms with Crippen LogP contribution >= 0.6 is 0 Å². The molecular formula is C21H17N3O6. The van der Waals surface area contributed by atoms with Crippen LogP contribution in [0.1, 0.15) is 43.9 Å². The molecule has 0 aromatic heterocycles. The molecule has 4 rings (SSSR count). The molecule has 30 heavy (non-hydrogen) atoms. The van der Waals surface area contributed by atoms with E-state index in [1.807, 2.05) is 0 Å². The summed E-state index contributed by atoms with van der Waals surface area (Å²) in [5.74, 6) is -2.92. The molecule has 9 nitrogen and oxygen atoms in total. The molecule has 0 spiro atoms. The van der Waals surface area contributed by atoms with Gasteiger partial charge in [-0.3, -0.25) is 19.2 Å². The first-order chi connectivity index (χ1) is 14.5. The SMILES string of the molecule is O=C(CNC(=O)c1ccc(N2CCCC2=O)cc1)ON1C(=O)c2ccccc2C1=O. The zero-order chi connectivity index (χ0) is 21.3. The number of anilines is 1. The second-order valence-corrected chi connectivity index (χ2v) is 6.79. The van der Waals surface area contributed by atoms with Gasteiger partial charge >= 0.3 is 5.97 Å². The van der Waals surface area contributed by atoms with Gasteiger partial charge in [-0.15, -0.1) is 0 Å². The van der Waals surface area contributed by atoms with Gasteiger partial charge in [-0.1, -0.05) is 17.2 Å². The van der Waals surface area contributed by atoms with E-state index in [2.05, 4.69) is 5.32 Å². The molecule has 1 fully saturated rings. The lowest BCUT2D eigenvalue weighted by Gasteiger charge is -2.16. The van der Waals surface area contributed by atoms with Crippen molar-refractivity contribution in [2.45, 2.75) is 12.8 Å². The molecule has 2 aromatic carbocycles. The summed E-state index contributed by atoms with van der Waals surface area (Å²) in [6, 6.07) is 12.5. The van der Waals surface area contributed by atoms with Crippen molar-refractivity contribution in [1.29, 1.82) is 0 Å². The second-order valence-electron chi connectivity index (χ2n) is 6.79. The summed E-state index contributed by atoms with van der Waals surface area (Å²) >= 11 is 0. The van der Waals surface area contributed by atoms with Gasteiger partial charge in [-0.25, -0.2) is 4.79 Å². The summed E-state index contributed by atoms with van der Waals surface area (Å²) in [6.07, 6.45) is 1.31. The zero-order valence-electron chi connectivity index (χ0n) is 15.8. The second kappa shape index (κ2) is 7.78. The monoisotopic (exact) mass is 407 g/mol. The number of benzene rings is 2. The standard InChI is InChI=1S/C21H17N3O6/c25-17-6-3-11-23(17)14-9-7-13(8-10-14)19(27)22-12-18(26)30-24-20(28)15-4-1-2-5-16(15)21(24)29/h1-2,4-5,7-10H,3,6,11-12H2,(H,22,27). The summed E-state index contributed by atoms with van der Waals surface area (Å²) in [4.78, 5) is 66.9. The number of hydrogen-bond donors (Lipinski definition) is 1. The van der Waals surface area contributed by atoms with Crippen LogP contribution < -0.4 is 10.2 Å². The third kappa shape index (κ3) is 3.52. The third-order valence-corrected chi connectivity index (χ3v) is 4.86. The average Bonchev–Trinajstić information content (AvgIpc) is 3.29. The van der Waals surface area contributed by atoms with Crippen LogP contribution in [0, 0.1) is 0 Å². The average molecular weight is 407 g/mol. The minimum atomic E-state index is -0.961. The molecule has 4 amide bonds. The van der Waals surface area contributed by atoms with E-state index in [4.69, 9.17) is 4.84 Å². The van der Waals surface area contributed by atoms with E-state index in [-0.39, 0.29) is 17.0 Å². The highest BCUT2D eigenvalue weighted by atomic mass is 16.7. The van der Waals surface area contributed by atoms with Crippen molar-refractivity contribution in [3.63, 3.8) is 0 Å². The third-order valence-electron chi connectivity index (χ3n) is 4.86. The van der Waals surface area contributed by atoms with Gasteiger partial charge in [-0.05, 0) is 42.8 Å². The van der Waals surface area contributed by atoms with E-state index in [1.54, 1.807) is 41.3 Å². The smallest absolute Gasteiger partial charge is 0.341 e. The summed E-state index contributed by atoms with van der Waals surface area (Å²) in [5, 5.41) is 2.77. The molecule has 0 unspecified atom stereocenters. The number of amides is 4. The maximum absolute atomic E-state index is 12.2. The van der Waals surface area contributed by atoms with Crippen LogP contribution in [0.5, 0.6) is 0 Å². The van der Waals surface area contributed by atoms with Gasteiger partial charge in [0.05, 0.1) is 11.1 Å². The molecule has 1 N–H and O–H groups in total. The lowest BCUT2D eigenvalue weighted by Crippen LogP contribution is -2.38. The van der Waals surface area contributed by atoms with Crippen LogP contribution in [0.4, 0.5) is 5.69 Å². The molecule has 2 aliphatic heterocycles. The van der Waals surface area contributed by atoms with Crippen LogP contribution in [-0.4, -0.2) is 47.8 Å². The van der Waals surface area contributed by atoms with Gasteiger partial charge in [0.25, 0.3) is 17.7 Å². The highest BCUT2D eigenvalue weighted by molar-refractivity contribution is 6.20. The van der Waals surface area contributed by atoms with Crippen LogP contribution in [0.3, 0.4) is 0 Å². The van der Waals surface area contributed by atoms with Crippen molar-refractivity contribution in [2.75, 3.05) is 18.0 Å². The predicted molar refractivity (Wildman–Crippen MR) is 103 cm³/mol. The van der Waals surface area contributed by atoms with E-state index in [1.165, 1.54) is 12.1 Å². The van der Waals surface area contributed by atoms with E-state index in [9.17, 15) is 24.0 Å². The number of hydroxylamine groups is 2. The van der Waals surface area contributed by atoms with Crippen molar-refractivity contribution < 1.29 is 28.8 Å². The van der Waals surface area contributed by atoms with Crippen molar-refractivity contribution in [2.24, 2.45) is 0 Å². The van der Waals surface area contributed by atoms with Crippen LogP contribution in [0.15, 0.2) is 48.5 Å². The number of nitrogens with zero attached hydrogens (tertiary/aromatic N) is 2. The van der Waals surface area contributed by atoms with Gasteiger partial charge in [0.2, 0.25) is 5.91 Å². The fourth-order valence-corrected chi connectivity index (χ4v) is 3.35. The summed E-state index contributed by atoms with van der Waals surface area (Å²) in [7, 11) is 0. The fraction of sp³-hybridized carbons (Fsp3) is 0.190. The Kier molecular flexibility index (Phi) is 5.01. The molecular weight excluding hydrogens is 390 g/mol. The van der Waals surface area contributed by atoms with Gasteiger partial charge in [0.1, 0.15) is 6.54 Å². The number of nitrogens with one attached hydrogen (secondary N) is 1. The Hall–Kier alpha value is -4.01. The largest absolute Gasteiger partial charge is 0.352 e. The van der Waals surface area contributed by atoms with Crippen molar-refractivity contribution in [3.05, 3.63) is 65.2 Å². The fourth-order valence-electron chi connectivity index (χ4n) is 3.35. The first-order valence-corrected chi connectivity index (χ1v) is 9.33. The Morgan fingerprint density at radius 2 is 1.57 bits per heavy atom.